The van der Waals surface area contributed by atoms with Gasteiger partial charge < -0.3 is 9.15 Å². The Morgan fingerprint density at radius 2 is 2.00 bits per heavy atom. The van der Waals surface area contributed by atoms with Crippen molar-refractivity contribution in [2.75, 3.05) is 44.3 Å². The van der Waals surface area contributed by atoms with Crippen LogP contribution >= 0.6 is 11.3 Å². The second-order valence-corrected chi connectivity index (χ2v) is 8.53. The number of morpholine rings is 1. The number of rotatable bonds is 6. The van der Waals surface area contributed by atoms with Gasteiger partial charge in [-0.3, -0.25) is 14.6 Å². The summed E-state index contributed by atoms with van der Waals surface area (Å²) in [6.07, 6.45) is 0.788. The molecular formula is C23H22FN3O3S. The van der Waals surface area contributed by atoms with Gasteiger partial charge in [0.2, 0.25) is 0 Å². The lowest BCUT2D eigenvalue weighted by Gasteiger charge is -2.27. The van der Waals surface area contributed by atoms with Gasteiger partial charge in [0.05, 0.1) is 23.4 Å². The Kier molecular flexibility index (Phi) is 5.67. The molecule has 2 aromatic carbocycles. The normalized spacial score (nSPS) is 15.0. The van der Waals surface area contributed by atoms with E-state index in [4.69, 9.17) is 9.15 Å². The third kappa shape index (κ3) is 4.32. The SMILES string of the molecule is O=C(c1cc2ccccc2o1)N(CCCN1CCOCC1)c1nc2ccc(F)cc2s1. The van der Waals surface area contributed by atoms with Crippen molar-refractivity contribution >= 4 is 43.6 Å². The van der Waals surface area contributed by atoms with Gasteiger partial charge >= 0.3 is 0 Å². The molecule has 1 aliphatic rings. The van der Waals surface area contributed by atoms with Crippen LogP contribution in [0.3, 0.4) is 0 Å². The lowest BCUT2D eigenvalue weighted by Crippen LogP contribution is -2.39. The number of para-hydroxylation sites is 1. The molecule has 6 nitrogen and oxygen atoms in total. The van der Waals surface area contributed by atoms with E-state index in [2.05, 4.69) is 9.88 Å². The number of hydrogen-bond donors (Lipinski definition) is 0. The average molecular weight is 440 g/mol. The van der Waals surface area contributed by atoms with Gasteiger partial charge in [-0.15, -0.1) is 0 Å². The highest BCUT2D eigenvalue weighted by molar-refractivity contribution is 7.22. The van der Waals surface area contributed by atoms with Crippen molar-refractivity contribution in [3.8, 4) is 0 Å². The molecule has 0 bridgehead atoms. The van der Waals surface area contributed by atoms with Gasteiger partial charge in [-0.05, 0) is 36.8 Å². The first-order chi connectivity index (χ1) is 15.2. The topological polar surface area (TPSA) is 58.8 Å². The minimum absolute atomic E-state index is 0.238. The summed E-state index contributed by atoms with van der Waals surface area (Å²) < 4.78 is 25.6. The highest BCUT2D eigenvalue weighted by Crippen LogP contribution is 2.31. The number of thiazole rings is 1. The van der Waals surface area contributed by atoms with Gasteiger partial charge in [0, 0.05) is 31.6 Å². The Bertz CT molecular complexity index is 1180. The lowest BCUT2D eigenvalue weighted by molar-refractivity contribution is 0.0376. The molecule has 0 N–H and O–H groups in total. The number of carbonyl (C=O) groups is 1. The Hall–Kier alpha value is -2.81. The van der Waals surface area contributed by atoms with Crippen LogP contribution in [0.5, 0.6) is 0 Å². The third-order valence-corrected chi connectivity index (χ3v) is 6.45. The van der Waals surface area contributed by atoms with Gasteiger partial charge in [0.15, 0.2) is 10.9 Å². The molecule has 8 heteroatoms. The highest BCUT2D eigenvalue weighted by Gasteiger charge is 2.25. The molecule has 31 heavy (non-hydrogen) atoms. The Morgan fingerprint density at radius 3 is 2.84 bits per heavy atom. The zero-order valence-electron chi connectivity index (χ0n) is 16.9. The van der Waals surface area contributed by atoms with Crippen molar-refractivity contribution in [3.05, 3.63) is 60.1 Å². The molecule has 5 rings (SSSR count). The van der Waals surface area contributed by atoms with E-state index in [1.807, 2.05) is 24.3 Å². The molecule has 0 radical (unpaired) electrons. The number of amides is 1. The first-order valence-corrected chi connectivity index (χ1v) is 11.2. The van der Waals surface area contributed by atoms with E-state index in [1.54, 1.807) is 17.0 Å². The summed E-state index contributed by atoms with van der Waals surface area (Å²) in [4.78, 5) is 22.0. The van der Waals surface area contributed by atoms with Crippen molar-refractivity contribution < 1.29 is 18.3 Å². The molecule has 3 heterocycles. The van der Waals surface area contributed by atoms with Gasteiger partial charge in [-0.25, -0.2) is 9.37 Å². The largest absolute Gasteiger partial charge is 0.451 e. The van der Waals surface area contributed by atoms with Gasteiger partial charge in [0.25, 0.3) is 5.91 Å². The number of carbonyl (C=O) groups excluding carboxylic acids is 1. The molecule has 0 unspecified atom stereocenters. The van der Waals surface area contributed by atoms with Crippen LogP contribution in [0.1, 0.15) is 17.0 Å². The quantitative estimate of drug-likeness (QED) is 0.441. The van der Waals surface area contributed by atoms with Crippen molar-refractivity contribution in [3.63, 3.8) is 0 Å². The molecule has 1 aliphatic heterocycles. The van der Waals surface area contributed by atoms with E-state index >= 15 is 0 Å². The maximum absolute atomic E-state index is 13.7. The Morgan fingerprint density at radius 1 is 1.16 bits per heavy atom. The number of furan rings is 1. The molecule has 1 fully saturated rings. The summed E-state index contributed by atoms with van der Waals surface area (Å²) in [7, 11) is 0. The molecule has 1 amide bonds. The Balaban J connectivity index is 1.42. The number of nitrogens with zero attached hydrogens (tertiary/aromatic N) is 3. The molecule has 1 saturated heterocycles. The van der Waals surface area contributed by atoms with Crippen molar-refractivity contribution in [1.82, 2.24) is 9.88 Å². The van der Waals surface area contributed by atoms with Crippen LogP contribution in [-0.4, -0.2) is 55.2 Å². The summed E-state index contributed by atoms with van der Waals surface area (Å²) in [6.45, 7) is 4.65. The smallest absolute Gasteiger partial charge is 0.295 e. The maximum Gasteiger partial charge on any atom is 0.295 e. The molecule has 0 atom stereocenters. The first kappa shape index (κ1) is 20.1. The fraction of sp³-hybridized carbons (Fsp3) is 0.304. The van der Waals surface area contributed by atoms with E-state index in [1.165, 1.54) is 23.5 Å². The van der Waals surface area contributed by atoms with Crippen LogP contribution in [0, 0.1) is 5.82 Å². The van der Waals surface area contributed by atoms with Crippen molar-refractivity contribution in [1.29, 1.82) is 0 Å². The van der Waals surface area contributed by atoms with E-state index in [-0.39, 0.29) is 17.5 Å². The summed E-state index contributed by atoms with van der Waals surface area (Å²) in [5.41, 5.74) is 1.35. The van der Waals surface area contributed by atoms with Gasteiger partial charge in [-0.2, -0.15) is 0 Å². The molecule has 0 spiro atoms. The van der Waals surface area contributed by atoms with E-state index < -0.39 is 0 Å². The van der Waals surface area contributed by atoms with Crippen LogP contribution in [0.15, 0.2) is 52.9 Å². The summed E-state index contributed by atoms with van der Waals surface area (Å²) in [6, 6.07) is 13.8. The number of halogens is 1. The second kappa shape index (κ2) is 8.74. The highest BCUT2D eigenvalue weighted by atomic mass is 32.1. The predicted molar refractivity (Wildman–Crippen MR) is 119 cm³/mol. The van der Waals surface area contributed by atoms with E-state index in [9.17, 15) is 9.18 Å². The number of anilines is 1. The van der Waals surface area contributed by atoms with Crippen molar-refractivity contribution in [2.24, 2.45) is 0 Å². The van der Waals surface area contributed by atoms with Crippen LogP contribution in [-0.2, 0) is 4.74 Å². The average Bonchev–Trinajstić information content (AvgIpc) is 3.40. The lowest BCUT2D eigenvalue weighted by atomic mass is 10.2. The van der Waals surface area contributed by atoms with Gasteiger partial charge in [0.1, 0.15) is 11.4 Å². The second-order valence-electron chi connectivity index (χ2n) is 7.52. The monoisotopic (exact) mass is 439 g/mol. The standard InChI is InChI=1S/C23H22FN3O3S/c24-17-6-7-18-21(15-17)31-23(25-18)27(9-3-8-26-10-12-29-13-11-26)22(28)20-14-16-4-1-2-5-19(16)30-20/h1-2,4-7,14-15H,3,8-13H2. The van der Waals surface area contributed by atoms with Crippen LogP contribution in [0.4, 0.5) is 9.52 Å². The summed E-state index contributed by atoms with van der Waals surface area (Å²) >= 11 is 1.31. The van der Waals surface area contributed by atoms with Crippen LogP contribution < -0.4 is 4.90 Å². The molecule has 0 aliphatic carbocycles. The fourth-order valence-corrected chi connectivity index (χ4v) is 4.80. The molecule has 0 saturated carbocycles. The minimum atomic E-state index is -0.315. The minimum Gasteiger partial charge on any atom is -0.451 e. The van der Waals surface area contributed by atoms with E-state index in [0.29, 0.717) is 27.5 Å². The summed E-state index contributed by atoms with van der Waals surface area (Å²) in [5, 5.41) is 1.43. The maximum atomic E-state index is 13.7. The first-order valence-electron chi connectivity index (χ1n) is 10.3. The van der Waals surface area contributed by atoms with E-state index in [0.717, 1.165) is 44.7 Å². The van der Waals surface area contributed by atoms with Crippen molar-refractivity contribution in [2.45, 2.75) is 6.42 Å². The number of fused-ring (bicyclic) bond motifs is 2. The zero-order valence-corrected chi connectivity index (χ0v) is 17.7. The number of hydrogen-bond acceptors (Lipinski definition) is 6. The number of aromatic nitrogens is 1. The van der Waals surface area contributed by atoms with Crippen LogP contribution in [0.2, 0.25) is 0 Å². The number of benzene rings is 2. The molecule has 160 valence electrons. The van der Waals surface area contributed by atoms with Gasteiger partial charge in [-0.1, -0.05) is 29.5 Å². The number of ether oxygens (including phenoxy) is 1. The molecule has 4 aromatic rings. The summed E-state index contributed by atoms with van der Waals surface area (Å²) in [5.74, 6) is -0.277. The fourth-order valence-electron chi connectivity index (χ4n) is 3.78. The zero-order chi connectivity index (χ0) is 21.2. The molecule has 2 aromatic heterocycles. The Labute approximate surface area is 182 Å². The third-order valence-electron chi connectivity index (χ3n) is 5.41. The molecular weight excluding hydrogens is 417 g/mol. The van der Waals surface area contributed by atoms with Crippen LogP contribution in [0.25, 0.3) is 21.2 Å². The predicted octanol–water partition coefficient (Wildman–Crippen LogP) is 4.55.